The zero-order chi connectivity index (χ0) is 38.7. The van der Waals surface area contributed by atoms with E-state index in [1.807, 2.05) is 72.8 Å². The zero-order valence-corrected chi connectivity index (χ0v) is 29.0. The molecule has 0 N–H and O–H groups in total. The Kier molecular flexibility index (Phi) is 8.95. The van der Waals surface area contributed by atoms with Gasteiger partial charge in [0.15, 0.2) is 0 Å². The number of hydrogen-bond acceptors (Lipinski definition) is 0. The minimum absolute atomic E-state index is 0.0198. The van der Waals surface area contributed by atoms with E-state index in [0.29, 0.717) is 43.6 Å². The molecule has 0 unspecified atom stereocenters. The molecule has 0 fully saturated rings. The highest BCUT2D eigenvalue weighted by Gasteiger charge is 2.28. The molecule has 0 bridgehead atoms. The molecule has 8 aromatic carbocycles. The van der Waals surface area contributed by atoms with Gasteiger partial charge in [0.05, 0.1) is 0 Å². The van der Waals surface area contributed by atoms with E-state index in [-0.39, 0.29) is 93.0 Å². The molecule has 0 aromatic heterocycles. The van der Waals surface area contributed by atoms with Gasteiger partial charge in [0.1, 0.15) is 110 Å². The lowest BCUT2D eigenvalue weighted by Crippen LogP contribution is -2.50. The van der Waals surface area contributed by atoms with Crippen LogP contribution in [0.3, 0.4) is 0 Å². The maximum Gasteiger partial charge on any atom is 0.115 e. The number of rotatable bonds is 3. The maximum atomic E-state index is 7.17. The first-order valence-corrected chi connectivity index (χ1v) is 16.8. The van der Waals surface area contributed by atoms with Gasteiger partial charge in [-0.25, -0.2) is 0 Å². The first-order chi connectivity index (χ1) is 25.7. The standard InChI is InChI=1S/C40H12B14/c41-27-18(14-7-2-1-3-8-14)29(43)35(49)26-25(27)36(50)34(48)24(28(26)42)19-22-20(30(44)37(51)39(53)32(22)46)17(16-11-10-13-6-4-5-9-15(13)12-16)21-23(19)33(47)40(54)38(52)31(21)45/h1-12H. The molecule has 54 heavy (non-hydrogen) atoms. The van der Waals surface area contributed by atoms with E-state index in [1.54, 1.807) is 0 Å². The minimum atomic E-state index is 0.0198. The van der Waals surface area contributed by atoms with Crippen molar-refractivity contribution in [2.24, 2.45) is 0 Å². The SMILES string of the molecule is [B]c1c(-c2c3c([B])c([B])c([B])c([B])c3c(-c3ccc4ccccc4c3)c3c([B])c([B])c([B])c([B])c23)c([B])c2c([B])c([B])c(-c3ccccc3)c([B])c2c1[B]. The Balaban J connectivity index is 1.67. The van der Waals surface area contributed by atoms with Gasteiger partial charge < -0.3 is 0 Å². The molecule has 0 spiro atoms. The summed E-state index contributed by atoms with van der Waals surface area (Å²) in [5.74, 6) is 0. The molecular weight excluding hydrogens is 632 g/mol. The molecular formula is C40H12B14. The van der Waals surface area contributed by atoms with Crippen molar-refractivity contribution in [1.82, 2.24) is 0 Å². The van der Waals surface area contributed by atoms with E-state index in [2.05, 4.69) is 0 Å². The third-order valence-corrected chi connectivity index (χ3v) is 10.7. The van der Waals surface area contributed by atoms with Crippen molar-refractivity contribution in [2.45, 2.75) is 0 Å². The lowest BCUT2D eigenvalue weighted by Gasteiger charge is -2.31. The van der Waals surface area contributed by atoms with E-state index in [1.165, 1.54) is 0 Å². The first kappa shape index (κ1) is 36.7. The van der Waals surface area contributed by atoms with Gasteiger partial charge in [0.2, 0.25) is 0 Å². The summed E-state index contributed by atoms with van der Waals surface area (Å²) in [6.45, 7) is 0. The Hall–Kier alpha value is -4.29. The molecule has 0 atom stereocenters. The van der Waals surface area contributed by atoms with Crippen molar-refractivity contribution in [3.63, 3.8) is 0 Å². The smallest absolute Gasteiger partial charge is 0.110 e. The highest BCUT2D eigenvalue weighted by atomic mass is 14.3. The number of benzene rings is 8. The number of fused-ring (bicyclic) bond motifs is 4. The van der Waals surface area contributed by atoms with Crippen molar-refractivity contribution in [3.05, 3.63) is 72.8 Å². The van der Waals surface area contributed by atoms with Gasteiger partial charge in [0.25, 0.3) is 0 Å². The molecule has 0 aliphatic rings. The third kappa shape index (κ3) is 5.04. The lowest BCUT2D eigenvalue weighted by molar-refractivity contribution is 1.69. The summed E-state index contributed by atoms with van der Waals surface area (Å²) in [5, 5.41) is 3.89. The molecule has 0 amide bonds. The molecule has 214 valence electrons. The van der Waals surface area contributed by atoms with Gasteiger partial charge in [-0.15, -0.1) is 21.9 Å². The zero-order valence-electron chi connectivity index (χ0n) is 29.0. The molecule has 8 rings (SSSR count). The fourth-order valence-corrected chi connectivity index (χ4v) is 7.92. The van der Waals surface area contributed by atoms with Crippen molar-refractivity contribution in [3.8, 4) is 33.4 Å². The monoisotopic (exact) mass is 646 g/mol. The number of hydrogen-bond donors (Lipinski definition) is 0. The Bertz CT molecular complexity index is 2890. The van der Waals surface area contributed by atoms with Crippen LogP contribution in [0.15, 0.2) is 72.8 Å². The largest absolute Gasteiger partial charge is 0.115 e. The van der Waals surface area contributed by atoms with E-state index in [4.69, 9.17) is 110 Å². The average molecular weight is 644 g/mol. The third-order valence-electron chi connectivity index (χ3n) is 10.7. The van der Waals surface area contributed by atoms with Gasteiger partial charge in [-0.3, -0.25) is 0 Å². The summed E-state index contributed by atoms with van der Waals surface area (Å²) in [6, 6.07) is 23.0. The highest BCUT2D eigenvalue weighted by Crippen LogP contribution is 2.40. The van der Waals surface area contributed by atoms with E-state index in [0.717, 1.165) is 16.3 Å². The summed E-state index contributed by atoms with van der Waals surface area (Å²) < 4.78 is 0. The van der Waals surface area contributed by atoms with Gasteiger partial charge in [0, 0.05) is 0 Å². The van der Waals surface area contributed by atoms with Gasteiger partial charge in [-0.2, -0.15) is 0 Å². The van der Waals surface area contributed by atoms with Crippen LogP contribution in [-0.4, -0.2) is 110 Å². The predicted molar refractivity (Wildman–Crippen MR) is 248 cm³/mol. The fraction of sp³-hybridized carbons (Fsp3) is 0. The normalized spacial score (nSPS) is 11.6. The molecule has 0 saturated heterocycles. The maximum absolute atomic E-state index is 7.17. The second kappa shape index (κ2) is 13.2. The van der Waals surface area contributed by atoms with Gasteiger partial charge >= 0.3 is 0 Å². The molecule has 14 heteroatoms. The van der Waals surface area contributed by atoms with E-state index >= 15 is 0 Å². The van der Waals surface area contributed by atoms with E-state index in [9.17, 15) is 0 Å². The molecule has 0 heterocycles. The molecule has 0 aliphatic heterocycles. The van der Waals surface area contributed by atoms with Crippen molar-refractivity contribution < 1.29 is 0 Å². The van der Waals surface area contributed by atoms with Crippen molar-refractivity contribution >= 4 is 229 Å². The topological polar surface area (TPSA) is 0 Å². The highest BCUT2D eigenvalue weighted by molar-refractivity contribution is 6.73. The Morgan fingerprint density at radius 2 is 0.611 bits per heavy atom. The van der Waals surface area contributed by atoms with Crippen molar-refractivity contribution in [2.75, 3.05) is 0 Å². The lowest BCUT2D eigenvalue weighted by atomic mass is 9.57. The molecule has 28 radical (unpaired) electrons. The van der Waals surface area contributed by atoms with Crippen LogP contribution in [0, 0.1) is 0 Å². The van der Waals surface area contributed by atoms with Crippen LogP contribution in [0.2, 0.25) is 0 Å². The quantitative estimate of drug-likeness (QED) is 0.133. The van der Waals surface area contributed by atoms with Crippen LogP contribution in [0.4, 0.5) is 0 Å². The summed E-state index contributed by atoms with van der Waals surface area (Å²) in [6.07, 6.45) is 0. The molecule has 0 nitrogen and oxygen atoms in total. The Labute approximate surface area is 333 Å². The van der Waals surface area contributed by atoms with Crippen LogP contribution in [-0.2, 0) is 0 Å². The van der Waals surface area contributed by atoms with Crippen molar-refractivity contribution in [1.29, 1.82) is 0 Å². The second-order valence-corrected chi connectivity index (χ2v) is 13.5. The van der Waals surface area contributed by atoms with Crippen LogP contribution < -0.4 is 76.5 Å². The summed E-state index contributed by atoms with van der Waals surface area (Å²) >= 11 is 0. The van der Waals surface area contributed by atoms with Gasteiger partial charge in [-0.1, -0.05) is 121 Å². The molecule has 8 aromatic rings. The second-order valence-electron chi connectivity index (χ2n) is 13.5. The first-order valence-electron chi connectivity index (χ1n) is 16.8. The predicted octanol–water partition coefficient (Wildman–Crippen LogP) is -5.59. The van der Waals surface area contributed by atoms with Crippen LogP contribution in [0.1, 0.15) is 0 Å². The summed E-state index contributed by atoms with van der Waals surface area (Å²) in [4.78, 5) is 0. The molecule has 0 aliphatic carbocycles. The van der Waals surface area contributed by atoms with Crippen LogP contribution >= 0.6 is 0 Å². The Morgan fingerprint density at radius 1 is 0.222 bits per heavy atom. The summed E-state index contributed by atoms with van der Waals surface area (Å²) in [7, 11) is 95.7. The fourth-order valence-electron chi connectivity index (χ4n) is 7.92. The van der Waals surface area contributed by atoms with Gasteiger partial charge in [-0.05, 0) is 82.5 Å². The van der Waals surface area contributed by atoms with Crippen LogP contribution in [0.25, 0.3) is 76.5 Å². The van der Waals surface area contributed by atoms with E-state index < -0.39 is 0 Å². The minimum Gasteiger partial charge on any atom is -0.110 e. The Morgan fingerprint density at radius 3 is 1.11 bits per heavy atom. The van der Waals surface area contributed by atoms with Crippen LogP contribution in [0.5, 0.6) is 0 Å². The average Bonchev–Trinajstić information content (AvgIpc) is 3.17. The molecule has 0 saturated carbocycles. The summed E-state index contributed by atoms with van der Waals surface area (Å²) in [5.41, 5.74) is 4.07.